The van der Waals surface area contributed by atoms with Gasteiger partial charge in [0, 0.05) is 6.54 Å². The number of nitrogens with one attached hydrogen (secondary N) is 1. The van der Waals surface area contributed by atoms with E-state index in [1.807, 2.05) is 21.1 Å². The molecule has 0 aliphatic carbocycles. The first-order valence-corrected chi connectivity index (χ1v) is 6.02. The number of quaternary nitrogens is 1. The molecule has 100 valence electrons. The second-order valence-corrected chi connectivity index (χ2v) is 6.47. The fourth-order valence-corrected chi connectivity index (χ4v) is 1.51. The number of hydrogen-bond donors (Lipinski definition) is 1. The molecule has 5 nitrogen and oxygen atoms in total. The second kappa shape index (κ2) is 5.02. The maximum absolute atomic E-state index is 4.56. The summed E-state index contributed by atoms with van der Waals surface area (Å²) in [6.07, 6.45) is 1.65. The van der Waals surface area contributed by atoms with Crippen LogP contribution < -0.4 is 5.32 Å². The number of rotatable bonds is 3. The van der Waals surface area contributed by atoms with Gasteiger partial charge in [0.25, 0.3) is 5.82 Å². The number of amidine groups is 1. The lowest BCUT2D eigenvalue weighted by Gasteiger charge is -2.24. The van der Waals surface area contributed by atoms with Crippen molar-refractivity contribution in [2.24, 2.45) is 20.4 Å². The van der Waals surface area contributed by atoms with E-state index in [9.17, 15) is 0 Å². The summed E-state index contributed by atoms with van der Waals surface area (Å²) in [5.74, 6) is 1.54. The van der Waals surface area contributed by atoms with Gasteiger partial charge in [-0.1, -0.05) is 20.8 Å². The number of hydrogen-bond acceptors (Lipinski definition) is 3. The molecule has 1 aliphatic rings. The monoisotopic (exact) mass is 250 g/mol. The van der Waals surface area contributed by atoms with Crippen molar-refractivity contribution in [2.75, 3.05) is 27.7 Å². The van der Waals surface area contributed by atoms with E-state index in [0.29, 0.717) is 10.3 Å². The van der Waals surface area contributed by atoms with Crippen molar-refractivity contribution in [1.29, 1.82) is 0 Å². The van der Waals surface area contributed by atoms with E-state index in [2.05, 4.69) is 47.8 Å². The van der Waals surface area contributed by atoms with E-state index < -0.39 is 0 Å². The van der Waals surface area contributed by atoms with Crippen LogP contribution in [0.15, 0.2) is 26.5 Å². The predicted octanol–water partition coefficient (Wildman–Crippen LogP) is 1.64. The first-order chi connectivity index (χ1) is 8.15. The molecular weight excluding hydrogens is 226 g/mol. The molecule has 1 rings (SSSR count). The quantitative estimate of drug-likeness (QED) is 0.601. The van der Waals surface area contributed by atoms with Crippen LogP contribution in [0.2, 0.25) is 0 Å². The first kappa shape index (κ1) is 14.6. The minimum Gasteiger partial charge on any atom is -0.337 e. The highest BCUT2D eigenvalue weighted by atomic mass is 15.4. The average Bonchev–Trinajstić information content (AvgIpc) is 2.60. The van der Waals surface area contributed by atoms with Crippen molar-refractivity contribution in [2.45, 2.75) is 20.8 Å². The van der Waals surface area contributed by atoms with Crippen LogP contribution in [0, 0.1) is 5.41 Å². The van der Waals surface area contributed by atoms with Gasteiger partial charge < -0.3 is 5.32 Å². The highest BCUT2D eigenvalue weighted by Crippen LogP contribution is 2.19. The van der Waals surface area contributed by atoms with Crippen LogP contribution in [-0.2, 0) is 0 Å². The Balaban J connectivity index is 3.10. The van der Waals surface area contributed by atoms with Gasteiger partial charge in [0.1, 0.15) is 0 Å². The SMILES string of the molecule is C=NC(=C1NC=NC1=NCC(C)(C)C)[N+](C)(C)C. The van der Waals surface area contributed by atoms with Gasteiger partial charge in [-0.25, -0.2) is 9.98 Å². The molecule has 0 radical (unpaired) electrons. The molecule has 0 unspecified atom stereocenters. The van der Waals surface area contributed by atoms with Crippen molar-refractivity contribution >= 4 is 18.9 Å². The lowest BCUT2D eigenvalue weighted by atomic mass is 9.97. The second-order valence-electron chi connectivity index (χ2n) is 6.47. The van der Waals surface area contributed by atoms with Crippen LogP contribution >= 0.6 is 0 Å². The Morgan fingerprint density at radius 3 is 2.44 bits per heavy atom. The van der Waals surface area contributed by atoms with E-state index in [4.69, 9.17) is 0 Å². The molecule has 18 heavy (non-hydrogen) atoms. The van der Waals surface area contributed by atoms with Gasteiger partial charge in [0.2, 0.25) is 0 Å². The van der Waals surface area contributed by atoms with Gasteiger partial charge in [0.05, 0.1) is 27.5 Å². The van der Waals surface area contributed by atoms with Gasteiger partial charge in [-0.2, -0.15) is 0 Å². The lowest BCUT2D eigenvalue weighted by molar-refractivity contribution is -0.832. The van der Waals surface area contributed by atoms with E-state index >= 15 is 0 Å². The third kappa shape index (κ3) is 3.77. The highest BCUT2D eigenvalue weighted by Gasteiger charge is 2.26. The zero-order valence-electron chi connectivity index (χ0n) is 12.3. The van der Waals surface area contributed by atoms with Crippen LogP contribution in [0.25, 0.3) is 0 Å². The van der Waals surface area contributed by atoms with Crippen molar-refractivity contribution in [1.82, 2.24) is 5.32 Å². The molecule has 1 heterocycles. The standard InChI is InChI=1S/C13H24N5/c1-13(2,3)8-15-11-10(16-9-17-11)12(14-4)18(5,6)7/h9H,4,8H2,1-3,5-7H3,(H,15,16,17)/q+1. The summed E-state index contributed by atoms with van der Waals surface area (Å²) in [5, 5.41) is 3.11. The molecule has 0 bridgehead atoms. The number of nitrogens with zero attached hydrogens (tertiary/aromatic N) is 4. The average molecular weight is 250 g/mol. The number of aliphatic imine (C=N–C) groups is 3. The molecule has 0 atom stereocenters. The molecule has 0 amide bonds. The Morgan fingerprint density at radius 1 is 1.39 bits per heavy atom. The van der Waals surface area contributed by atoms with Crippen LogP contribution in [0.3, 0.4) is 0 Å². The molecule has 1 aliphatic heterocycles. The fourth-order valence-electron chi connectivity index (χ4n) is 1.51. The molecular formula is C13H24N5+. The molecule has 0 spiro atoms. The molecule has 1 N–H and O–H groups in total. The molecule has 0 aromatic rings. The van der Waals surface area contributed by atoms with Crippen LogP contribution in [0.4, 0.5) is 0 Å². The summed E-state index contributed by atoms with van der Waals surface area (Å²) in [4.78, 5) is 12.9. The Labute approximate surface area is 110 Å². The normalized spacial score (nSPS) is 21.1. The minimum atomic E-state index is 0.147. The third-order valence-electron chi connectivity index (χ3n) is 2.33. The molecule has 0 fully saturated rings. The Hall–Kier alpha value is -1.49. The van der Waals surface area contributed by atoms with Crippen LogP contribution in [0.5, 0.6) is 0 Å². The van der Waals surface area contributed by atoms with Gasteiger partial charge in [-0.05, 0) is 12.1 Å². The maximum atomic E-state index is 4.56. The van der Waals surface area contributed by atoms with Gasteiger partial charge in [-0.15, -0.1) is 0 Å². The van der Waals surface area contributed by atoms with Crippen LogP contribution in [-0.4, -0.2) is 51.1 Å². The minimum absolute atomic E-state index is 0.147. The first-order valence-electron chi connectivity index (χ1n) is 6.02. The molecule has 0 saturated carbocycles. The predicted molar refractivity (Wildman–Crippen MR) is 78.0 cm³/mol. The summed E-state index contributed by atoms with van der Waals surface area (Å²) in [6, 6.07) is 0. The summed E-state index contributed by atoms with van der Waals surface area (Å²) in [6.45, 7) is 10.8. The largest absolute Gasteiger partial charge is 0.337 e. The Bertz CT molecular complexity index is 416. The Kier molecular flexibility index (Phi) is 4.06. The zero-order valence-corrected chi connectivity index (χ0v) is 12.3. The van der Waals surface area contributed by atoms with Crippen molar-refractivity contribution in [3.63, 3.8) is 0 Å². The van der Waals surface area contributed by atoms with Crippen molar-refractivity contribution < 1.29 is 4.48 Å². The summed E-state index contributed by atoms with van der Waals surface area (Å²) in [7, 11) is 6.12. The summed E-state index contributed by atoms with van der Waals surface area (Å²) in [5.41, 5.74) is 0.996. The zero-order chi connectivity index (χ0) is 14.0. The van der Waals surface area contributed by atoms with E-state index in [1.165, 1.54) is 0 Å². The summed E-state index contributed by atoms with van der Waals surface area (Å²) >= 11 is 0. The van der Waals surface area contributed by atoms with Gasteiger partial charge in [-0.3, -0.25) is 9.48 Å². The van der Waals surface area contributed by atoms with E-state index in [0.717, 1.165) is 18.1 Å². The molecule has 0 saturated heterocycles. The van der Waals surface area contributed by atoms with E-state index in [1.54, 1.807) is 6.34 Å². The fraction of sp³-hybridized carbons (Fsp3) is 0.615. The molecule has 0 aromatic heterocycles. The third-order valence-corrected chi connectivity index (χ3v) is 2.33. The van der Waals surface area contributed by atoms with E-state index in [-0.39, 0.29) is 5.41 Å². The lowest BCUT2D eigenvalue weighted by Crippen LogP contribution is -2.36. The summed E-state index contributed by atoms with van der Waals surface area (Å²) < 4.78 is 0.573. The maximum Gasteiger partial charge on any atom is 0.254 e. The topological polar surface area (TPSA) is 49.1 Å². The van der Waals surface area contributed by atoms with Crippen molar-refractivity contribution in [3.8, 4) is 0 Å². The van der Waals surface area contributed by atoms with Crippen LogP contribution in [0.1, 0.15) is 20.8 Å². The molecule has 5 heteroatoms. The highest BCUT2D eigenvalue weighted by molar-refractivity contribution is 6.08. The Morgan fingerprint density at radius 2 is 2.00 bits per heavy atom. The van der Waals surface area contributed by atoms with Gasteiger partial charge >= 0.3 is 0 Å². The molecule has 0 aromatic carbocycles. The van der Waals surface area contributed by atoms with Gasteiger partial charge in [0.15, 0.2) is 11.5 Å². The smallest absolute Gasteiger partial charge is 0.254 e. The van der Waals surface area contributed by atoms with Crippen molar-refractivity contribution in [3.05, 3.63) is 11.5 Å².